The predicted molar refractivity (Wildman–Crippen MR) is 78.1 cm³/mol. The highest BCUT2D eigenvalue weighted by Gasteiger charge is 2.71. The van der Waals surface area contributed by atoms with Crippen LogP contribution in [-0.2, 0) is 9.53 Å². The molecule has 0 aromatic heterocycles. The van der Waals surface area contributed by atoms with Crippen LogP contribution in [0.1, 0.15) is 46.5 Å². The summed E-state index contributed by atoms with van der Waals surface area (Å²) in [5.74, 6) is 1.67. The number of carbonyl (C=O) groups excluding carboxylic acids is 1. The third-order valence-electron chi connectivity index (χ3n) is 6.18. The highest BCUT2D eigenvalue weighted by molar-refractivity contribution is 5.89. The molecule has 0 aromatic rings. The molecule has 4 heteroatoms. The van der Waals surface area contributed by atoms with Crippen molar-refractivity contribution in [1.29, 1.82) is 0 Å². The van der Waals surface area contributed by atoms with E-state index in [0.717, 1.165) is 25.5 Å². The first-order valence-electron chi connectivity index (χ1n) is 8.06. The van der Waals surface area contributed by atoms with Gasteiger partial charge in [0, 0.05) is 24.5 Å². The first-order valence-corrected chi connectivity index (χ1v) is 8.06. The van der Waals surface area contributed by atoms with Crippen LogP contribution < -0.4 is 11.1 Å². The second-order valence-corrected chi connectivity index (χ2v) is 7.77. The zero-order valence-corrected chi connectivity index (χ0v) is 12.9. The summed E-state index contributed by atoms with van der Waals surface area (Å²) >= 11 is 0. The first-order chi connectivity index (χ1) is 9.37. The first kappa shape index (κ1) is 14.3. The Hall–Kier alpha value is -0.610. The fraction of sp³-hybridized carbons (Fsp3) is 0.938. The Morgan fingerprint density at radius 2 is 2.10 bits per heavy atom. The molecule has 114 valence electrons. The van der Waals surface area contributed by atoms with E-state index in [2.05, 4.69) is 26.1 Å². The van der Waals surface area contributed by atoms with Crippen LogP contribution >= 0.6 is 0 Å². The molecule has 3 rings (SSSR count). The van der Waals surface area contributed by atoms with Crippen molar-refractivity contribution in [3.8, 4) is 0 Å². The standard InChI is InChI=1S/C16H28N2O2/c1-10-4-5-11(8-10)9-18-14(19)16(17)12-6-7-20-13(12)15(16,2)3/h10-13H,4-9,17H2,1-3H3,(H,18,19). The minimum atomic E-state index is -0.752. The monoisotopic (exact) mass is 280 g/mol. The van der Waals surface area contributed by atoms with Crippen LogP contribution in [0, 0.1) is 23.2 Å². The summed E-state index contributed by atoms with van der Waals surface area (Å²) < 4.78 is 5.74. The zero-order chi connectivity index (χ0) is 14.5. The Morgan fingerprint density at radius 3 is 2.75 bits per heavy atom. The van der Waals surface area contributed by atoms with Gasteiger partial charge in [0.1, 0.15) is 5.54 Å². The average Bonchev–Trinajstić information content (AvgIpc) is 3.02. The number of carbonyl (C=O) groups is 1. The smallest absolute Gasteiger partial charge is 0.241 e. The lowest BCUT2D eigenvalue weighted by Gasteiger charge is -2.60. The summed E-state index contributed by atoms with van der Waals surface area (Å²) in [6.45, 7) is 7.96. The highest BCUT2D eigenvalue weighted by atomic mass is 16.5. The highest BCUT2D eigenvalue weighted by Crippen LogP contribution is 2.58. The Balaban J connectivity index is 1.61. The van der Waals surface area contributed by atoms with Gasteiger partial charge in [-0.1, -0.05) is 27.2 Å². The quantitative estimate of drug-likeness (QED) is 0.826. The van der Waals surface area contributed by atoms with Crippen molar-refractivity contribution < 1.29 is 9.53 Å². The fourth-order valence-electron chi connectivity index (χ4n) is 4.74. The maximum Gasteiger partial charge on any atom is 0.241 e. The average molecular weight is 280 g/mol. The lowest BCUT2D eigenvalue weighted by molar-refractivity contribution is -0.175. The summed E-state index contributed by atoms with van der Waals surface area (Å²) in [5.41, 5.74) is 5.52. The molecule has 3 N–H and O–H groups in total. The number of hydrogen-bond donors (Lipinski definition) is 2. The molecule has 5 unspecified atom stereocenters. The Labute approximate surface area is 121 Å². The number of ether oxygens (including phenoxy) is 1. The van der Waals surface area contributed by atoms with Crippen LogP contribution in [0.25, 0.3) is 0 Å². The predicted octanol–water partition coefficient (Wildman–Crippen LogP) is 1.68. The number of hydrogen-bond acceptors (Lipinski definition) is 3. The van der Waals surface area contributed by atoms with E-state index in [1.54, 1.807) is 0 Å². The topological polar surface area (TPSA) is 64.4 Å². The summed E-state index contributed by atoms with van der Waals surface area (Å²) in [5, 5.41) is 3.14. The molecule has 4 nitrogen and oxygen atoms in total. The maximum absolute atomic E-state index is 12.7. The van der Waals surface area contributed by atoms with Crippen LogP contribution in [0.5, 0.6) is 0 Å². The summed E-state index contributed by atoms with van der Waals surface area (Å²) in [6.07, 6.45) is 4.83. The van der Waals surface area contributed by atoms with Gasteiger partial charge in [-0.25, -0.2) is 0 Å². The van der Waals surface area contributed by atoms with Gasteiger partial charge in [-0.3, -0.25) is 4.79 Å². The van der Waals surface area contributed by atoms with Crippen molar-refractivity contribution in [3.63, 3.8) is 0 Å². The molecule has 0 radical (unpaired) electrons. The molecule has 1 saturated heterocycles. The van der Waals surface area contributed by atoms with Gasteiger partial charge in [-0.05, 0) is 31.1 Å². The molecule has 5 atom stereocenters. The molecule has 2 saturated carbocycles. The molecular formula is C16H28N2O2. The number of amides is 1. The molecule has 0 bridgehead atoms. The lowest BCUT2D eigenvalue weighted by atomic mass is 9.48. The molecule has 1 amide bonds. The second kappa shape index (κ2) is 4.70. The number of nitrogens with two attached hydrogens (primary N) is 1. The van der Waals surface area contributed by atoms with Crippen molar-refractivity contribution in [3.05, 3.63) is 0 Å². The second-order valence-electron chi connectivity index (χ2n) is 7.77. The van der Waals surface area contributed by atoms with Crippen LogP contribution in [0.15, 0.2) is 0 Å². The number of fused-ring (bicyclic) bond motifs is 1. The van der Waals surface area contributed by atoms with Crippen molar-refractivity contribution in [1.82, 2.24) is 5.32 Å². The van der Waals surface area contributed by atoms with Crippen LogP contribution in [0.3, 0.4) is 0 Å². The van der Waals surface area contributed by atoms with E-state index in [4.69, 9.17) is 10.5 Å². The van der Waals surface area contributed by atoms with Crippen molar-refractivity contribution >= 4 is 5.91 Å². The maximum atomic E-state index is 12.7. The van der Waals surface area contributed by atoms with E-state index in [1.807, 2.05) is 0 Å². The fourth-order valence-corrected chi connectivity index (χ4v) is 4.74. The normalized spacial score (nSPS) is 45.8. The van der Waals surface area contributed by atoms with E-state index in [1.165, 1.54) is 19.3 Å². The van der Waals surface area contributed by atoms with Crippen molar-refractivity contribution in [2.45, 2.75) is 58.1 Å². The van der Waals surface area contributed by atoms with E-state index in [0.29, 0.717) is 5.92 Å². The third-order valence-corrected chi connectivity index (χ3v) is 6.18. The molecule has 3 aliphatic rings. The van der Waals surface area contributed by atoms with Gasteiger partial charge in [0.05, 0.1) is 6.10 Å². The minimum Gasteiger partial charge on any atom is -0.377 e. The summed E-state index contributed by atoms with van der Waals surface area (Å²) in [7, 11) is 0. The molecule has 1 heterocycles. The van der Waals surface area contributed by atoms with E-state index < -0.39 is 5.54 Å². The molecule has 0 aromatic carbocycles. The molecular weight excluding hydrogens is 252 g/mol. The van der Waals surface area contributed by atoms with Crippen molar-refractivity contribution in [2.75, 3.05) is 13.2 Å². The Bertz CT molecular complexity index is 409. The van der Waals surface area contributed by atoms with Gasteiger partial charge in [0.2, 0.25) is 5.91 Å². The van der Waals surface area contributed by atoms with E-state index in [-0.39, 0.29) is 23.3 Å². The van der Waals surface area contributed by atoms with Crippen LogP contribution in [-0.4, -0.2) is 30.7 Å². The van der Waals surface area contributed by atoms with Gasteiger partial charge in [0.25, 0.3) is 0 Å². The van der Waals surface area contributed by atoms with Gasteiger partial charge in [-0.15, -0.1) is 0 Å². The summed E-state index contributed by atoms with van der Waals surface area (Å²) in [4.78, 5) is 12.7. The van der Waals surface area contributed by atoms with E-state index in [9.17, 15) is 4.79 Å². The van der Waals surface area contributed by atoms with Gasteiger partial charge in [-0.2, -0.15) is 0 Å². The van der Waals surface area contributed by atoms with Crippen molar-refractivity contribution in [2.24, 2.45) is 28.9 Å². The third kappa shape index (κ3) is 1.84. The molecule has 1 aliphatic heterocycles. The lowest BCUT2D eigenvalue weighted by Crippen LogP contribution is -2.80. The Kier molecular flexibility index (Phi) is 3.37. The van der Waals surface area contributed by atoms with Crippen LogP contribution in [0.2, 0.25) is 0 Å². The largest absolute Gasteiger partial charge is 0.377 e. The molecule has 2 aliphatic carbocycles. The SMILES string of the molecule is CC1CCC(CNC(=O)C2(N)C3CCOC3C2(C)C)C1. The molecule has 0 spiro atoms. The molecule has 20 heavy (non-hydrogen) atoms. The van der Waals surface area contributed by atoms with Gasteiger partial charge >= 0.3 is 0 Å². The number of rotatable bonds is 3. The van der Waals surface area contributed by atoms with Crippen LogP contribution in [0.4, 0.5) is 0 Å². The Morgan fingerprint density at radius 1 is 1.35 bits per heavy atom. The van der Waals surface area contributed by atoms with Gasteiger partial charge < -0.3 is 15.8 Å². The summed E-state index contributed by atoms with van der Waals surface area (Å²) in [6, 6.07) is 0. The minimum absolute atomic E-state index is 0.0359. The molecule has 3 fully saturated rings. The number of nitrogens with one attached hydrogen (secondary N) is 1. The van der Waals surface area contributed by atoms with E-state index >= 15 is 0 Å². The zero-order valence-electron chi connectivity index (χ0n) is 12.9. The van der Waals surface area contributed by atoms with Gasteiger partial charge in [0.15, 0.2) is 0 Å².